The highest BCUT2D eigenvalue weighted by Gasteiger charge is 2.11. The summed E-state index contributed by atoms with van der Waals surface area (Å²) in [6.07, 6.45) is 7.88. The lowest BCUT2D eigenvalue weighted by atomic mass is 10.1. The molecule has 4 nitrogen and oxygen atoms in total. The molecule has 0 aliphatic rings. The number of hydrogen-bond donors (Lipinski definition) is 1. The average molecular weight is 241 g/mol. The Hall–Kier alpha value is -1.16. The van der Waals surface area contributed by atoms with Crippen LogP contribution in [0.25, 0.3) is 0 Å². The molecule has 17 heavy (non-hydrogen) atoms. The minimum atomic E-state index is -0.566. The molecule has 0 aromatic rings. The molecule has 1 atom stereocenters. The summed E-state index contributed by atoms with van der Waals surface area (Å²) in [4.78, 5) is 21.8. The van der Waals surface area contributed by atoms with E-state index in [9.17, 15) is 9.59 Å². The normalized spacial score (nSPS) is 12.6. The van der Waals surface area contributed by atoms with Gasteiger partial charge in [0.15, 0.2) is 0 Å². The Morgan fingerprint density at radius 2 is 2.00 bits per heavy atom. The first kappa shape index (κ1) is 15.8. The van der Waals surface area contributed by atoms with Crippen LogP contribution >= 0.6 is 0 Å². The molecular formula is C13H23NO3. The van der Waals surface area contributed by atoms with Gasteiger partial charge in [0.1, 0.15) is 11.8 Å². The summed E-state index contributed by atoms with van der Waals surface area (Å²) < 4.78 is 4.79. The second-order valence-electron chi connectivity index (χ2n) is 4.01. The van der Waals surface area contributed by atoms with E-state index in [1.54, 1.807) is 13.8 Å². The van der Waals surface area contributed by atoms with Gasteiger partial charge < -0.3 is 15.3 Å². The fourth-order valence-electron chi connectivity index (χ4n) is 1.34. The molecule has 0 bridgehead atoms. The smallest absolute Gasteiger partial charge is 0.323 e. The lowest BCUT2D eigenvalue weighted by Gasteiger charge is -2.07. The Kier molecular flexibility index (Phi) is 9.34. The molecule has 0 aromatic carbocycles. The molecule has 0 heterocycles. The molecule has 1 unspecified atom stereocenters. The van der Waals surface area contributed by atoms with Crippen molar-refractivity contribution in [2.45, 2.75) is 52.0 Å². The van der Waals surface area contributed by atoms with Crippen LogP contribution in [-0.4, -0.2) is 24.4 Å². The Morgan fingerprint density at radius 1 is 1.29 bits per heavy atom. The zero-order chi connectivity index (χ0) is 13.1. The van der Waals surface area contributed by atoms with Crippen molar-refractivity contribution in [3.8, 4) is 0 Å². The van der Waals surface area contributed by atoms with E-state index in [-0.39, 0.29) is 11.8 Å². The van der Waals surface area contributed by atoms with E-state index in [2.05, 4.69) is 0 Å². The highest BCUT2D eigenvalue weighted by Crippen LogP contribution is 2.02. The van der Waals surface area contributed by atoms with E-state index in [4.69, 9.17) is 10.5 Å². The van der Waals surface area contributed by atoms with Gasteiger partial charge in [0.25, 0.3) is 0 Å². The molecule has 0 spiro atoms. The SMILES string of the molecule is CCOC(=O)C(N)CC=CCCCCC(C)=O. The van der Waals surface area contributed by atoms with Crippen molar-refractivity contribution in [1.82, 2.24) is 0 Å². The topological polar surface area (TPSA) is 69.4 Å². The number of unbranched alkanes of at least 4 members (excludes halogenated alkanes) is 2. The van der Waals surface area contributed by atoms with Crippen molar-refractivity contribution in [1.29, 1.82) is 0 Å². The number of hydrogen-bond acceptors (Lipinski definition) is 4. The predicted octanol–water partition coefficient (Wildman–Crippen LogP) is 1.97. The predicted molar refractivity (Wildman–Crippen MR) is 67.5 cm³/mol. The van der Waals surface area contributed by atoms with Gasteiger partial charge in [0.2, 0.25) is 0 Å². The lowest BCUT2D eigenvalue weighted by molar-refractivity contribution is -0.144. The van der Waals surface area contributed by atoms with Gasteiger partial charge in [-0.1, -0.05) is 12.2 Å². The molecule has 0 amide bonds. The monoisotopic (exact) mass is 241 g/mol. The van der Waals surface area contributed by atoms with Crippen molar-refractivity contribution < 1.29 is 14.3 Å². The second-order valence-corrected chi connectivity index (χ2v) is 4.01. The van der Waals surface area contributed by atoms with Crippen LogP contribution in [0.15, 0.2) is 12.2 Å². The standard InChI is InChI=1S/C13H23NO3/c1-3-17-13(16)12(14)10-8-6-4-5-7-9-11(2)15/h6,8,12H,3-5,7,9-10,14H2,1-2H3. The third-order valence-corrected chi connectivity index (χ3v) is 2.30. The molecule has 0 aliphatic heterocycles. The van der Waals surface area contributed by atoms with Crippen LogP contribution in [0.5, 0.6) is 0 Å². The largest absolute Gasteiger partial charge is 0.465 e. The molecule has 0 aliphatic carbocycles. The number of carbonyl (C=O) groups is 2. The number of ether oxygens (including phenoxy) is 1. The molecule has 0 radical (unpaired) electrons. The summed E-state index contributed by atoms with van der Waals surface area (Å²) in [6.45, 7) is 3.73. The fraction of sp³-hybridized carbons (Fsp3) is 0.692. The maximum absolute atomic E-state index is 11.2. The van der Waals surface area contributed by atoms with Crippen LogP contribution in [0.1, 0.15) is 46.0 Å². The number of carbonyl (C=O) groups excluding carboxylic acids is 2. The molecule has 0 fully saturated rings. The van der Waals surface area contributed by atoms with Crippen molar-refractivity contribution in [3.63, 3.8) is 0 Å². The molecular weight excluding hydrogens is 218 g/mol. The van der Waals surface area contributed by atoms with Gasteiger partial charge in [-0.2, -0.15) is 0 Å². The number of ketones is 1. The van der Waals surface area contributed by atoms with Gasteiger partial charge in [-0.3, -0.25) is 4.79 Å². The van der Waals surface area contributed by atoms with Gasteiger partial charge >= 0.3 is 5.97 Å². The van der Waals surface area contributed by atoms with Crippen molar-refractivity contribution >= 4 is 11.8 Å². The Labute approximate surface area is 103 Å². The first-order chi connectivity index (χ1) is 8.07. The highest BCUT2D eigenvalue weighted by atomic mass is 16.5. The van der Waals surface area contributed by atoms with Crippen LogP contribution in [0.2, 0.25) is 0 Å². The van der Waals surface area contributed by atoms with Crippen LogP contribution in [0, 0.1) is 0 Å². The van der Waals surface area contributed by atoms with Crippen LogP contribution in [-0.2, 0) is 14.3 Å². The maximum atomic E-state index is 11.2. The molecule has 0 saturated heterocycles. The lowest BCUT2D eigenvalue weighted by Crippen LogP contribution is -2.31. The minimum Gasteiger partial charge on any atom is -0.465 e. The first-order valence-electron chi connectivity index (χ1n) is 6.14. The van der Waals surface area contributed by atoms with E-state index >= 15 is 0 Å². The summed E-state index contributed by atoms with van der Waals surface area (Å²) in [5, 5.41) is 0. The fourth-order valence-corrected chi connectivity index (χ4v) is 1.34. The maximum Gasteiger partial charge on any atom is 0.323 e. The van der Waals surface area contributed by atoms with E-state index < -0.39 is 6.04 Å². The van der Waals surface area contributed by atoms with Gasteiger partial charge in [-0.05, 0) is 39.5 Å². The molecule has 4 heteroatoms. The molecule has 0 saturated carbocycles. The second kappa shape index (κ2) is 10.0. The van der Waals surface area contributed by atoms with E-state index in [0.717, 1.165) is 19.3 Å². The Morgan fingerprint density at radius 3 is 2.59 bits per heavy atom. The van der Waals surface area contributed by atoms with Crippen LogP contribution in [0.3, 0.4) is 0 Å². The van der Waals surface area contributed by atoms with Crippen molar-refractivity contribution in [3.05, 3.63) is 12.2 Å². The molecule has 0 aromatic heterocycles. The van der Waals surface area contributed by atoms with E-state index in [0.29, 0.717) is 19.4 Å². The number of rotatable bonds is 9. The summed E-state index contributed by atoms with van der Waals surface area (Å²) in [6, 6.07) is -0.566. The summed E-state index contributed by atoms with van der Waals surface area (Å²) in [5.41, 5.74) is 5.61. The Balaban J connectivity index is 3.53. The zero-order valence-corrected chi connectivity index (χ0v) is 10.8. The first-order valence-corrected chi connectivity index (χ1v) is 6.14. The summed E-state index contributed by atoms with van der Waals surface area (Å²) in [7, 11) is 0. The molecule has 0 rings (SSSR count). The third-order valence-electron chi connectivity index (χ3n) is 2.30. The zero-order valence-electron chi connectivity index (χ0n) is 10.8. The van der Waals surface area contributed by atoms with Gasteiger partial charge in [-0.15, -0.1) is 0 Å². The summed E-state index contributed by atoms with van der Waals surface area (Å²) >= 11 is 0. The highest BCUT2D eigenvalue weighted by molar-refractivity contribution is 5.75. The summed E-state index contributed by atoms with van der Waals surface area (Å²) in [5.74, 6) is -0.118. The van der Waals surface area contributed by atoms with Gasteiger partial charge in [-0.25, -0.2) is 0 Å². The molecule has 98 valence electrons. The van der Waals surface area contributed by atoms with E-state index in [1.165, 1.54) is 0 Å². The quantitative estimate of drug-likeness (QED) is 0.380. The molecule has 2 N–H and O–H groups in total. The van der Waals surface area contributed by atoms with Gasteiger partial charge in [0.05, 0.1) is 6.61 Å². The van der Waals surface area contributed by atoms with Crippen LogP contribution < -0.4 is 5.73 Å². The number of esters is 1. The minimum absolute atomic E-state index is 0.235. The third kappa shape index (κ3) is 9.75. The Bertz CT molecular complexity index is 261. The van der Waals surface area contributed by atoms with Crippen molar-refractivity contribution in [2.24, 2.45) is 5.73 Å². The number of allylic oxidation sites excluding steroid dienone is 1. The van der Waals surface area contributed by atoms with Crippen LogP contribution in [0.4, 0.5) is 0 Å². The number of Topliss-reactive ketones (excluding diaryl/α,β-unsaturated/α-hetero) is 1. The van der Waals surface area contributed by atoms with Gasteiger partial charge in [0, 0.05) is 6.42 Å². The average Bonchev–Trinajstić information content (AvgIpc) is 2.27. The van der Waals surface area contributed by atoms with Crippen molar-refractivity contribution in [2.75, 3.05) is 6.61 Å². The number of nitrogens with two attached hydrogens (primary N) is 1. The van der Waals surface area contributed by atoms with E-state index in [1.807, 2.05) is 12.2 Å².